The second-order valence-electron chi connectivity index (χ2n) is 8.08. The molecule has 10 heteroatoms. The van der Waals surface area contributed by atoms with Gasteiger partial charge in [0.05, 0.1) is 0 Å². The van der Waals surface area contributed by atoms with Gasteiger partial charge in [-0.3, -0.25) is 9.78 Å². The first-order valence-corrected chi connectivity index (χ1v) is 12.2. The summed E-state index contributed by atoms with van der Waals surface area (Å²) in [6.07, 6.45) is 5.88. The average Bonchev–Trinajstić information content (AvgIpc) is 3.18. The summed E-state index contributed by atoms with van der Waals surface area (Å²) < 4.78 is 34.6. The lowest BCUT2D eigenvalue weighted by Gasteiger charge is -2.30. The highest BCUT2D eigenvalue weighted by atomic mass is 32.2. The Morgan fingerprint density at radius 1 is 1.21 bits per heavy atom. The number of amides is 1. The number of hydrogen-bond acceptors (Lipinski definition) is 6. The van der Waals surface area contributed by atoms with E-state index in [1.54, 1.807) is 43.1 Å². The molecule has 174 valence electrons. The molecule has 1 aliphatic rings. The Labute approximate surface area is 193 Å². The minimum absolute atomic E-state index is 0.0495. The van der Waals surface area contributed by atoms with Crippen LogP contribution < -0.4 is 10.1 Å². The number of piperidine rings is 1. The minimum Gasteiger partial charge on any atom is -0.489 e. The van der Waals surface area contributed by atoms with Crippen LogP contribution in [0.25, 0.3) is 0 Å². The number of ether oxygens (including phenoxy) is 1. The Balaban J connectivity index is 1.32. The van der Waals surface area contributed by atoms with Gasteiger partial charge in [0, 0.05) is 62.0 Å². The van der Waals surface area contributed by atoms with Gasteiger partial charge in [-0.2, -0.15) is 4.31 Å². The number of carbonyl (C=O) groups excluding carboxylic acids is 1. The van der Waals surface area contributed by atoms with E-state index in [9.17, 15) is 13.2 Å². The number of aromatic nitrogens is 3. The van der Waals surface area contributed by atoms with E-state index in [0.717, 1.165) is 5.56 Å². The summed E-state index contributed by atoms with van der Waals surface area (Å²) in [6.45, 7) is 2.71. The molecule has 33 heavy (non-hydrogen) atoms. The van der Waals surface area contributed by atoms with E-state index in [1.165, 1.54) is 10.5 Å². The first-order chi connectivity index (χ1) is 15.8. The van der Waals surface area contributed by atoms with E-state index in [4.69, 9.17) is 4.74 Å². The fourth-order valence-corrected chi connectivity index (χ4v) is 5.19. The lowest BCUT2D eigenvalue weighted by molar-refractivity contribution is -0.120. The van der Waals surface area contributed by atoms with Crippen LogP contribution in [0.4, 0.5) is 5.69 Å². The zero-order valence-corrected chi connectivity index (χ0v) is 19.5. The van der Waals surface area contributed by atoms with Crippen LogP contribution in [0.3, 0.4) is 0 Å². The van der Waals surface area contributed by atoms with Gasteiger partial charge in [-0.25, -0.2) is 13.4 Å². The molecule has 0 atom stereocenters. The summed E-state index contributed by atoms with van der Waals surface area (Å²) in [4.78, 5) is 21.0. The number of imidazole rings is 1. The second-order valence-corrected chi connectivity index (χ2v) is 9.97. The summed E-state index contributed by atoms with van der Waals surface area (Å²) in [7, 11) is -1.90. The molecule has 0 saturated carbocycles. The molecule has 0 radical (unpaired) electrons. The van der Waals surface area contributed by atoms with Crippen LogP contribution in [0.5, 0.6) is 5.75 Å². The minimum atomic E-state index is -3.66. The number of rotatable bonds is 7. The van der Waals surface area contributed by atoms with Crippen LogP contribution in [0, 0.1) is 12.8 Å². The smallest absolute Gasteiger partial charge is 0.262 e. The van der Waals surface area contributed by atoms with Crippen molar-refractivity contribution in [3.63, 3.8) is 0 Å². The fraction of sp³-hybridized carbons (Fsp3) is 0.348. The van der Waals surface area contributed by atoms with Gasteiger partial charge in [-0.1, -0.05) is 12.1 Å². The van der Waals surface area contributed by atoms with Gasteiger partial charge >= 0.3 is 0 Å². The average molecular weight is 470 g/mol. The van der Waals surface area contributed by atoms with Gasteiger partial charge in [-0.15, -0.1) is 0 Å². The Morgan fingerprint density at radius 3 is 2.67 bits per heavy atom. The predicted octanol–water partition coefficient (Wildman–Crippen LogP) is 2.74. The molecule has 4 rings (SSSR count). The normalized spacial score (nSPS) is 15.3. The number of nitrogens with one attached hydrogen (secondary N) is 1. The Morgan fingerprint density at radius 2 is 2.00 bits per heavy atom. The molecule has 1 aromatic carbocycles. The monoisotopic (exact) mass is 469 g/mol. The Hall–Kier alpha value is -3.24. The van der Waals surface area contributed by atoms with Crippen LogP contribution in [0.15, 0.2) is 60.0 Å². The maximum Gasteiger partial charge on any atom is 0.262 e. The van der Waals surface area contributed by atoms with Crippen molar-refractivity contribution in [3.05, 3.63) is 66.4 Å². The highest BCUT2D eigenvalue weighted by Gasteiger charge is 2.33. The van der Waals surface area contributed by atoms with Crippen molar-refractivity contribution in [2.24, 2.45) is 13.0 Å². The van der Waals surface area contributed by atoms with Gasteiger partial charge in [0.2, 0.25) is 5.91 Å². The van der Waals surface area contributed by atoms with Crippen molar-refractivity contribution in [2.45, 2.75) is 31.4 Å². The SMILES string of the molecule is Cc1nc(S(=O)(=O)N2CCC(C(=O)Nc3cccc(OCc4cccnc4)c3)CC2)cn1C. The van der Waals surface area contributed by atoms with E-state index in [1.807, 2.05) is 24.3 Å². The van der Waals surface area contributed by atoms with Crippen molar-refractivity contribution < 1.29 is 17.9 Å². The molecule has 2 aromatic heterocycles. The number of pyridine rings is 1. The highest BCUT2D eigenvalue weighted by molar-refractivity contribution is 7.89. The lowest BCUT2D eigenvalue weighted by atomic mass is 9.97. The van der Waals surface area contributed by atoms with Crippen molar-refractivity contribution in [1.82, 2.24) is 18.8 Å². The van der Waals surface area contributed by atoms with Gasteiger partial charge in [-0.05, 0) is 38.0 Å². The summed E-state index contributed by atoms with van der Waals surface area (Å²) in [6, 6.07) is 11.0. The number of benzene rings is 1. The van der Waals surface area contributed by atoms with Crippen molar-refractivity contribution >= 4 is 21.6 Å². The molecule has 0 bridgehead atoms. The molecule has 1 aliphatic heterocycles. The fourth-order valence-electron chi connectivity index (χ4n) is 3.70. The summed E-state index contributed by atoms with van der Waals surface area (Å²) in [5.74, 6) is 0.893. The molecular weight excluding hydrogens is 442 g/mol. The van der Waals surface area contributed by atoms with Crippen molar-refractivity contribution in [1.29, 1.82) is 0 Å². The number of carbonyl (C=O) groups is 1. The highest BCUT2D eigenvalue weighted by Crippen LogP contribution is 2.25. The number of aryl methyl sites for hydroxylation is 2. The number of nitrogens with zero attached hydrogens (tertiary/aromatic N) is 4. The van der Waals surface area contributed by atoms with Crippen LogP contribution in [0.1, 0.15) is 24.2 Å². The zero-order chi connectivity index (χ0) is 23.4. The maximum atomic E-state index is 12.9. The first-order valence-electron chi connectivity index (χ1n) is 10.8. The molecule has 0 unspecified atom stereocenters. The molecule has 1 fully saturated rings. The third kappa shape index (κ3) is 5.40. The lowest BCUT2D eigenvalue weighted by Crippen LogP contribution is -2.41. The van der Waals surface area contributed by atoms with E-state index < -0.39 is 10.0 Å². The van der Waals surface area contributed by atoms with E-state index >= 15 is 0 Å². The summed E-state index contributed by atoms with van der Waals surface area (Å²) in [5, 5.41) is 2.98. The molecule has 1 saturated heterocycles. The van der Waals surface area contributed by atoms with Gasteiger partial charge in [0.25, 0.3) is 10.0 Å². The number of hydrogen-bond donors (Lipinski definition) is 1. The Bertz CT molecular complexity index is 1200. The third-order valence-electron chi connectivity index (χ3n) is 5.75. The van der Waals surface area contributed by atoms with E-state index in [2.05, 4.69) is 15.3 Å². The number of anilines is 1. The molecule has 1 N–H and O–H groups in total. The number of sulfonamides is 1. The van der Waals surface area contributed by atoms with Crippen molar-refractivity contribution in [2.75, 3.05) is 18.4 Å². The largest absolute Gasteiger partial charge is 0.489 e. The van der Waals surface area contributed by atoms with Crippen LogP contribution >= 0.6 is 0 Å². The van der Waals surface area contributed by atoms with Gasteiger partial charge < -0.3 is 14.6 Å². The summed E-state index contributed by atoms with van der Waals surface area (Å²) in [5.41, 5.74) is 1.59. The molecule has 3 heterocycles. The first kappa shape index (κ1) is 22.9. The second kappa shape index (κ2) is 9.72. The topological polar surface area (TPSA) is 106 Å². The Kier molecular flexibility index (Phi) is 6.75. The molecule has 9 nitrogen and oxygen atoms in total. The van der Waals surface area contributed by atoms with Crippen LogP contribution in [0.2, 0.25) is 0 Å². The third-order valence-corrected chi connectivity index (χ3v) is 7.52. The maximum absolute atomic E-state index is 12.9. The predicted molar refractivity (Wildman–Crippen MR) is 123 cm³/mol. The van der Waals surface area contributed by atoms with Crippen molar-refractivity contribution in [3.8, 4) is 5.75 Å². The molecule has 0 spiro atoms. The molecule has 1 amide bonds. The van der Waals surface area contributed by atoms with Gasteiger partial charge in [0.1, 0.15) is 18.2 Å². The van der Waals surface area contributed by atoms with Crippen LogP contribution in [-0.2, 0) is 28.5 Å². The summed E-state index contributed by atoms with van der Waals surface area (Å²) >= 11 is 0. The standard InChI is InChI=1S/C23H27N5O4S/c1-17-25-22(15-27(17)2)33(30,31)28-11-8-19(9-12-28)23(29)26-20-6-3-7-21(13-20)32-16-18-5-4-10-24-14-18/h3-7,10,13-15,19H,8-9,11-12,16H2,1-2H3,(H,26,29). The van der Waals surface area contributed by atoms with Gasteiger partial charge in [0.15, 0.2) is 5.03 Å². The van der Waals surface area contributed by atoms with E-state index in [0.29, 0.717) is 36.7 Å². The quantitative estimate of drug-likeness (QED) is 0.570. The molecule has 0 aliphatic carbocycles. The van der Waals surface area contributed by atoms with Crippen LogP contribution in [-0.4, -0.2) is 46.3 Å². The molecular formula is C23H27N5O4S. The molecule has 3 aromatic rings. The zero-order valence-electron chi connectivity index (χ0n) is 18.6. The van der Waals surface area contributed by atoms with E-state index in [-0.39, 0.29) is 29.9 Å².